The molecule has 0 saturated heterocycles. The summed E-state index contributed by atoms with van der Waals surface area (Å²) in [6.45, 7) is 5.03. The highest BCUT2D eigenvalue weighted by atomic mass is 32.2. The summed E-state index contributed by atoms with van der Waals surface area (Å²) >= 11 is 3.14. The van der Waals surface area contributed by atoms with Crippen LogP contribution in [0.2, 0.25) is 0 Å². The van der Waals surface area contributed by atoms with Crippen LogP contribution in [0.25, 0.3) is 0 Å². The van der Waals surface area contributed by atoms with E-state index in [0.29, 0.717) is 23.4 Å². The van der Waals surface area contributed by atoms with E-state index in [2.05, 4.69) is 11.9 Å². The van der Waals surface area contributed by atoms with Gasteiger partial charge in [0.2, 0.25) is 5.01 Å². The van der Waals surface area contributed by atoms with Gasteiger partial charge in [-0.05, 0) is 19.9 Å². The molecule has 0 fully saturated rings. The molecule has 0 aliphatic rings. The van der Waals surface area contributed by atoms with Crippen LogP contribution in [0.4, 0.5) is 0 Å². The largest absolute Gasteiger partial charge is 0.461 e. The van der Waals surface area contributed by atoms with Crippen LogP contribution >= 0.6 is 23.1 Å². The third-order valence-corrected chi connectivity index (χ3v) is 4.23. The Balaban J connectivity index is 2.43. The smallest absolute Gasteiger partial charge is 0.367 e. The number of carbonyl (C=O) groups is 1. The van der Waals surface area contributed by atoms with Gasteiger partial charge in [-0.15, -0.1) is 11.3 Å². The fourth-order valence-electron chi connectivity index (χ4n) is 1.21. The fourth-order valence-corrected chi connectivity index (χ4v) is 2.93. The summed E-state index contributed by atoms with van der Waals surface area (Å²) in [6, 6.07) is 0. The lowest BCUT2D eigenvalue weighted by Crippen LogP contribution is -2.07. The second-order valence-corrected chi connectivity index (χ2v) is 5.85. The van der Waals surface area contributed by atoms with Gasteiger partial charge in [0.05, 0.1) is 12.3 Å². The van der Waals surface area contributed by atoms with E-state index in [-0.39, 0.29) is 5.97 Å². The summed E-state index contributed by atoms with van der Waals surface area (Å²) in [4.78, 5) is 15.7. The van der Waals surface area contributed by atoms with Crippen LogP contribution in [-0.4, -0.2) is 29.4 Å². The molecule has 0 saturated carbocycles. The lowest BCUT2D eigenvalue weighted by molar-refractivity contribution is 0.0525. The zero-order valence-electron chi connectivity index (χ0n) is 10.1. The summed E-state index contributed by atoms with van der Waals surface area (Å²) in [5.41, 5.74) is 6.42. The van der Waals surface area contributed by atoms with Crippen LogP contribution in [-0.2, 0) is 10.5 Å². The maximum atomic E-state index is 11.4. The van der Waals surface area contributed by atoms with Gasteiger partial charge in [-0.2, -0.15) is 11.8 Å². The molecule has 0 aliphatic heterocycles. The maximum absolute atomic E-state index is 11.4. The molecule has 96 valence electrons. The minimum absolute atomic E-state index is 0.330. The summed E-state index contributed by atoms with van der Waals surface area (Å²) < 4.78 is 4.89. The summed E-state index contributed by atoms with van der Waals surface area (Å²) in [6.07, 6.45) is 1.000. The van der Waals surface area contributed by atoms with Crippen LogP contribution in [0.5, 0.6) is 0 Å². The topological polar surface area (TPSA) is 65.2 Å². The van der Waals surface area contributed by atoms with Crippen LogP contribution in [0.15, 0.2) is 5.38 Å². The molecule has 1 atom stereocenters. The molecule has 17 heavy (non-hydrogen) atoms. The highest BCUT2D eigenvalue weighted by molar-refractivity contribution is 7.99. The van der Waals surface area contributed by atoms with E-state index in [0.717, 1.165) is 17.9 Å². The molecular formula is C11H18N2O2S2. The first kappa shape index (κ1) is 14.5. The third kappa shape index (κ3) is 5.06. The highest BCUT2D eigenvalue weighted by Crippen LogP contribution is 2.21. The van der Waals surface area contributed by atoms with Crippen molar-refractivity contribution in [1.82, 2.24) is 4.98 Å². The van der Waals surface area contributed by atoms with Gasteiger partial charge in [-0.25, -0.2) is 9.78 Å². The van der Waals surface area contributed by atoms with Crippen LogP contribution in [0, 0.1) is 0 Å². The summed E-state index contributed by atoms with van der Waals surface area (Å²) in [5.74, 6) is 0.487. The first-order valence-electron chi connectivity index (χ1n) is 5.60. The molecule has 0 aromatic carbocycles. The fraction of sp³-hybridized carbons (Fsp3) is 0.636. The Morgan fingerprint density at radius 1 is 1.71 bits per heavy atom. The molecule has 0 aliphatic carbocycles. The monoisotopic (exact) mass is 274 g/mol. The number of thiazole rings is 1. The third-order valence-electron chi connectivity index (χ3n) is 2.09. The molecular weight excluding hydrogens is 256 g/mol. The van der Waals surface area contributed by atoms with Crippen molar-refractivity contribution in [1.29, 1.82) is 0 Å². The van der Waals surface area contributed by atoms with E-state index in [1.165, 1.54) is 11.3 Å². The maximum Gasteiger partial charge on any atom is 0.367 e. The quantitative estimate of drug-likeness (QED) is 0.773. The number of hydrogen-bond acceptors (Lipinski definition) is 6. The average molecular weight is 274 g/mol. The number of hydrogen-bond donors (Lipinski definition) is 1. The molecule has 1 heterocycles. The van der Waals surface area contributed by atoms with Gasteiger partial charge in [-0.3, -0.25) is 0 Å². The van der Waals surface area contributed by atoms with Gasteiger partial charge in [-0.1, -0.05) is 6.92 Å². The molecule has 4 nitrogen and oxygen atoms in total. The minimum atomic E-state index is -0.330. The predicted octanol–water partition coefficient (Wildman–Crippen LogP) is 2.29. The van der Waals surface area contributed by atoms with Crippen LogP contribution < -0.4 is 5.73 Å². The molecule has 1 unspecified atom stereocenters. The molecule has 1 aromatic heterocycles. The molecule has 1 aromatic rings. The van der Waals surface area contributed by atoms with E-state index in [4.69, 9.17) is 10.5 Å². The van der Waals surface area contributed by atoms with Gasteiger partial charge in [0.1, 0.15) is 0 Å². The van der Waals surface area contributed by atoms with E-state index in [1.807, 2.05) is 5.38 Å². The molecule has 0 radical (unpaired) electrons. The second kappa shape index (κ2) is 7.68. The van der Waals surface area contributed by atoms with Crippen LogP contribution in [0.3, 0.4) is 0 Å². The number of carbonyl (C=O) groups excluding carboxylic acids is 1. The number of ether oxygens (including phenoxy) is 1. The standard InChI is InChI=1S/C11H18N2O2S2/c1-3-15-11(14)10-13-9(7-17-10)6-16-8(2)4-5-12/h7-8H,3-6,12H2,1-2H3. The second-order valence-electron chi connectivity index (χ2n) is 3.56. The van der Waals surface area contributed by atoms with Crippen molar-refractivity contribution in [2.45, 2.75) is 31.3 Å². The number of rotatable bonds is 7. The number of esters is 1. The van der Waals surface area contributed by atoms with Crippen molar-refractivity contribution in [2.24, 2.45) is 5.73 Å². The normalized spacial score (nSPS) is 12.4. The average Bonchev–Trinajstić information content (AvgIpc) is 2.76. The van der Waals surface area contributed by atoms with Crippen LogP contribution in [0.1, 0.15) is 35.8 Å². The first-order valence-corrected chi connectivity index (χ1v) is 7.53. The molecule has 0 bridgehead atoms. The van der Waals surface area contributed by atoms with Gasteiger partial charge >= 0.3 is 5.97 Å². The van der Waals surface area contributed by atoms with Gasteiger partial charge in [0.25, 0.3) is 0 Å². The van der Waals surface area contributed by atoms with E-state index in [9.17, 15) is 4.79 Å². The molecule has 6 heteroatoms. The first-order chi connectivity index (χ1) is 8.17. The Labute approximate surface area is 110 Å². The number of nitrogens with two attached hydrogens (primary N) is 1. The molecule has 2 N–H and O–H groups in total. The van der Waals surface area contributed by atoms with Crippen molar-refractivity contribution in [3.8, 4) is 0 Å². The van der Waals surface area contributed by atoms with E-state index in [1.54, 1.807) is 18.7 Å². The summed E-state index contributed by atoms with van der Waals surface area (Å²) in [7, 11) is 0. The van der Waals surface area contributed by atoms with Crippen molar-refractivity contribution >= 4 is 29.1 Å². The zero-order valence-corrected chi connectivity index (χ0v) is 11.8. The van der Waals surface area contributed by atoms with Gasteiger partial charge in [0, 0.05) is 16.4 Å². The SMILES string of the molecule is CCOC(=O)c1nc(CSC(C)CCN)cs1. The van der Waals surface area contributed by atoms with E-state index >= 15 is 0 Å². The van der Waals surface area contributed by atoms with Crippen molar-refractivity contribution < 1.29 is 9.53 Å². The Kier molecular flexibility index (Phi) is 6.54. The predicted molar refractivity (Wildman–Crippen MR) is 72.5 cm³/mol. The highest BCUT2D eigenvalue weighted by Gasteiger charge is 2.12. The minimum Gasteiger partial charge on any atom is -0.461 e. The van der Waals surface area contributed by atoms with E-state index < -0.39 is 0 Å². The Hall–Kier alpha value is -0.590. The molecule has 0 amide bonds. The van der Waals surface area contributed by atoms with Crippen molar-refractivity contribution in [2.75, 3.05) is 13.2 Å². The molecule has 0 spiro atoms. The number of aromatic nitrogens is 1. The Morgan fingerprint density at radius 2 is 2.47 bits per heavy atom. The lowest BCUT2D eigenvalue weighted by atomic mass is 10.3. The summed E-state index contributed by atoms with van der Waals surface area (Å²) in [5, 5.41) is 2.87. The zero-order chi connectivity index (χ0) is 12.7. The number of nitrogens with zero attached hydrogens (tertiary/aromatic N) is 1. The Morgan fingerprint density at radius 3 is 3.12 bits per heavy atom. The Bertz CT molecular complexity index is 355. The number of thioether (sulfide) groups is 1. The van der Waals surface area contributed by atoms with Crippen molar-refractivity contribution in [3.63, 3.8) is 0 Å². The van der Waals surface area contributed by atoms with Gasteiger partial charge < -0.3 is 10.5 Å². The molecule has 1 rings (SSSR count). The van der Waals surface area contributed by atoms with Crippen molar-refractivity contribution in [3.05, 3.63) is 16.1 Å². The van der Waals surface area contributed by atoms with Gasteiger partial charge in [0.15, 0.2) is 0 Å². The lowest BCUT2D eigenvalue weighted by Gasteiger charge is -2.07.